The molecule has 1 aliphatic heterocycles. The van der Waals surface area contributed by atoms with Crippen molar-refractivity contribution < 1.29 is 22.6 Å². The first-order valence-electron chi connectivity index (χ1n) is 11.6. The van der Waals surface area contributed by atoms with Crippen molar-refractivity contribution in [3.05, 3.63) is 47.8 Å². The molecule has 0 radical (unpaired) electrons. The van der Waals surface area contributed by atoms with Crippen molar-refractivity contribution in [2.75, 3.05) is 18.4 Å². The van der Waals surface area contributed by atoms with Gasteiger partial charge in [-0.2, -0.15) is 0 Å². The van der Waals surface area contributed by atoms with Crippen molar-refractivity contribution in [1.82, 2.24) is 19.9 Å². The molecule has 0 unspecified atom stereocenters. The predicted octanol–water partition coefficient (Wildman–Crippen LogP) is 5.52. The van der Waals surface area contributed by atoms with Gasteiger partial charge in [-0.1, -0.05) is 45.9 Å². The van der Waals surface area contributed by atoms with Gasteiger partial charge >= 0.3 is 6.36 Å². The molecule has 3 aromatic rings. The van der Waals surface area contributed by atoms with Gasteiger partial charge in [0, 0.05) is 18.2 Å². The van der Waals surface area contributed by atoms with Crippen LogP contribution in [0.5, 0.6) is 11.6 Å². The van der Waals surface area contributed by atoms with Crippen molar-refractivity contribution in [3.8, 4) is 11.6 Å². The minimum Gasteiger partial charge on any atom is -0.473 e. The van der Waals surface area contributed by atoms with Gasteiger partial charge in [0.05, 0.1) is 17.6 Å². The van der Waals surface area contributed by atoms with Crippen LogP contribution in [0.4, 0.5) is 18.9 Å². The van der Waals surface area contributed by atoms with Gasteiger partial charge in [0.1, 0.15) is 11.9 Å². The van der Waals surface area contributed by atoms with Gasteiger partial charge in [0.25, 0.3) is 0 Å². The maximum atomic E-state index is 12.8. The van der Waals surface area contributed by atoms with Crippen molar-refractivity contribution in [3.63, 3.8) is 0 Å². The number of ether oxygens (including phenoxy) is 2. The number of imidazole rings is 1. The molecule has 3 heterocycles. The molecule has 1 aliphatic rings. The molecule has 186 valence electrons. The molecule has 34 heavy (non-hydrogen) atoms. The van der Waals surface area contributed by atoms with E-state index in [1.54, 1.807) is 28.9 Å². The Bertz CT molecular complexity index is 1060. The molecule has 0 bridgehead atoms. The summed E-state index contributed by atoms with van der Waals surface area (Å²) in [5.41, 5.74) is 2.49. The number of rotatable bonds is 7. The Morgan fingerprint density at radius 2 is 1.88 bits per heavy atom. The lowest BCUT2D eigenvalue weighted by molar-refractivity contribution is -0.274. The molecule has 10 heteroatoms. The van der Waals surface area contributed by atoms with Crippen molar-refractivity contribution in [2.45, 2.75) is 65.5 Å². The van der Waals surface area contributed by atoms with E-state index in [4.69, 9.17) is 4.74 Å². The molecule has 4 rings (SSSR count). The Labute approximate surface area is 197 Å². The molecule has 0 spiro atoms. The highest BCUT2D eigenvalue weighted by Gasteiger charge is 2.32. The number of hydrogen-bond donors (Lipinski definition) is 2. The molecular formula is C24H32F3N5O2. The standard InChI is InChI=1S/C22H26F3N5O2.C2H6/c1-14(2)18-13-28-21-17(11-20(29-30(18)21)31-16-7-9-26-10-8-16)27-12-15-5-3-4-6-19(15)32-22(23,24)25;1-2/h3-6,11,13-14,16,26-27H,7-10,12H2,1-2H3;1-2H3. The number of aromatic nitrogens is 3. The fourth-order valence-corrected chi connectivity index (χ4v) is 3.69. The van der Waals surface area contributed by atoms with Gasteiger partial charge in [-0.05, 0) is 37.9 Å². The zero-order valence-electron chi connectivity index (χ0n) is 19.9. The van der Waals surface area contributed by atoms with Crippen LogP contribution in [0.2, 0.25) is 0 Å². The van der Waals surface area contributed by atoms with Crippen LogP contribution >= 0.6 is 0 Å². The van der Waals surface area contributed by atoms with Crippen LogP contribution in [0, 0.1) is 0 Å². The first kappa shape index (κ1) is 25.6. The van der Waals surface area contributed by atoms with Crippen LogP contribution < -0.4 is 20.1 Å². The summed E-state index contributed by atoms with van der Waals surface area (Å²) in [6, 6.07) is 7.81. The lowest BCUT2D eigenvalue weighted by Gasteiger charge is -2.23. The lowest BCUT2D eigenvalue weighted by atomic mass is 10.1. The molecular weight excluding hydrogens is 447 g/mol. The van der Waals surface area contributed by atoms with Crippen molar-refractivity contribution >= 4 is 11.3 Å². The number of halogens is 3. The number of alkyl halides is 3. The minimum absolute atomic E-state index is 0.0565. The van der Waals surface area contributed by atoms with Crippen LogP contribution in [0.1, 0.15) is 57.7 Å². The number of piperidine rings is 1. The van der Waals surface area contributed by atoms with Gasteiger partial charge in [-0.25, -0.2) is 9.50 Å². The normalized spacial score (nSPS) is 14.6. The summed E-state index contributed by atoms with van der Waals surface area (Å²) in [5.74, 6) is 0.391. The molecule has 1 fully saturated rings. The number of para-hydroxylation sites is 1. The molecule has 2 aromatic heterocycles. The summed E-state index contributed by atoms with van der Waals surface area (Å²) in [6.07, 6.45) is -1.18. The van der Waals surface area contributed by atoms with Crippen LogP contribution in [-0.2, 0) is 6.54 Å². The average Bonchev–Trinajstić information content (AvgIpc) is 3.24. The third-order valence-electron chi connectivity index (χ3n) is 5.30. The van der Waals surface area contributed by atoms with Crippen LogP contribution in [0.25, 0.3) is 5.65 Å². The van der Waals surface area contributed by atoms with E-state index in [-0.39, 0.29) is 24.3 Å². The summed E-state index contributed by atoms with van der Waals surface area (Å²) in [4.78, 5) is 4.48. The Kier molecular flexibility index (Phi) is 8.60. The maximum absolute atomic E-state index is 12.8. The fourth-order valence-electron chi connectivity index (χ4n) is 3.69. The molecule has 0 saturated carbocycles. The van der Waals surface area contributed by atoms with E-state index in [1.807, 2.05) is 27.7 Å². The van der Waals surface area contributed by atoms with Crippen molar-refractivity contribution in [1.29, 1.82) is 0 Å². The first-order chi connectivity index (χ1) is 16.3. The summed E-state index contributed by atoms with van der Waals surface area (Å²) in [7, 11) is 0. The van der Waals surface area contributed by atoms with Gasteiger partial charge in [0.2, 0.25) is 5.88 Å². The van der Waals surface area contributed by atoms with Crippen LogP contribution in [-0.4, -0.2) is 40.2 Å². The maximum Gasteiger partial charge on any atom is 0.573 e. The molecule has 2 N–H and O–H groups in total. The van der Waals surface area contributed by atoms with Crippen LogP contribution in [0.15, 0.2) is 36.5 Å². The average molecular weight is 480 g/mol. The number of hydrogen-bond acceptors (Lipinski definition) is 6. The summed E-state index contributed by atoms with van der Waals surface area (Å²) >= 11 is 0. The Morgan fingerprint density at radius 3 is 2.56 bits per heavy atom. The van der Waals surface area contributed by atoms with E-state index in [1.165, 1.54) is 12.1 Å². The zero-order chi connectivity index (χ0) is 24.7. The SMILES string of the molecule is CC.CC(C)c1cnc2c(NCc3ccccc3OC(F)(F)F)cc(OC3CCNCC3)nn12. The number of benzene rings is 1. The smallest absolute Gasteiger partial charge is 0.473 e. The van der Waals surface area contributed by atoms with Gasteiger partial charge < -0.3 is 20.1 Å². The molecule has 0 amide bonds. The highest BCUT2D eigenvalue weighted by atomic mass is 19.4. The van der Waals surface area contributed by atoms with Crippen LogP contribution in [0.3, 0.4) is 0 Å². The van der Waals surface area contributed by atoms with E-state index in [2.05, 4.69) is 25.5 Å². The summed E-state index contributed by atoms with van der Waals surface area (Å²) in [5, 5.41) is 11.1. The Hall–Kier alpha value is -3.01. The van der Waals surface area contributed by atoms with Gasteiger partial charge in [-0.15, -0.1) is 18.3 Å². The Balaban J connectivity index is 0.00000158. The van der Waals surface area contributed by atoms with Gasteiger partial charge in [-0.3, -0.25) is 0 Å². The Morgan fingerprint density at radius 1 is 1.18 bits per heavy atom. The van der Waals surface area contributed by atoms with E-state index < -0.39 is 6.36 Å². The number of anilines is 1. The topological polar surface area (TPSA) is 72.7 Å². The highest BCUT2D eigenvalue weighted by molar-refractivity contribution is 5.69. The second-order valence-corrected chi connectivity index (χ2v) is 8.05. The third kappa shape index (κ3) is 6.53. The molecule has 7 nitrogen and oxygen atoms in total. The lowest BCUT2D eigenvalue weighted by Crippen LogP contribution is -2.34. The largest absolute Gasteiger partial charge is 0.573 e. The third-order valence-corrected chi connectivity index (χ3v) is 5.30. The van der Waals surface area contributed by atoms with E-state index in [9.17, 15) is 13.2 Å². The van der Waals surface area contributed by atoms with E-state index >= 15 is 0 Å². The molecule has 1 saturated heterocycles. The molecule has 1 aromatic carbocycles. The second-order valence-electron chi connectivity index (χ2n) is 8.05. The predicted molar refractivity (Wildman–Crippen MR) is 125 cm³/mol. The van der Waals surface area contributed by atoms with Crippen molar-refractivity contribution in [2.24, 2.45) is 0 Å². The fraction of sp³-hybridized carbons (Fsp3) is 0.500. The summed E-state index contributed by atoms with van der Waals surface area (Å²) in [6.45, 7) is 9.97. The molecule has 0 atom stereocenters. The number of fused-ring (bicyclic) bond motifs is 1. The first-order valence-corrected chi connectivity index (χ1v) is 11.6. The van der Waals surface area contributed by atoms with E-state index in [0.29, 0.717) is 22.8 Å². The number of nitrogens with zero attached hydrogens (tertiary/aromatic N) is 3. The zero-order valence-corrected chi connectivity index (χ0v) is 19.9. The minimum atomic E-state index is -4.76. The monoisotopic (exact) mass is 479 g/mol. The molecule has 0 aliphatic carbocycles. The summed E-state index contributed by atoms with van der Waals surface area (Å²) < 4.78 is 50.3. The number of nitrogens with one attached hydrogen (secondary N) is 2. The second kappa shape index (κ2) is 11.4. The van der Waals surface area contributed by atoms with Gasteiger partial charge in [0.15, 0.2) is 5.65 Å². The highest BCUT2D eigenvalue weighted by Crippen LogP contribution is 2.29. The van der Waals surface area contributed by atoms with E-state index in [0.717, 1.165) is 31.6 Å². The quantitative estimate of drug-likeness (QED) is 0.465.